The fourth-order valence-corrected chi connectivity index (χ4v) is 3.23. The molecular formula is C13H18BrClN2. The third-order valence-corrected chi connectivity index (χ3v) is 4.37. The van der Waals surface area contributed by atoms with Crippen LogP contribution in [0.2, 0.25) is 5.02 Å². The topological polar surface area (TPSA) is 16.1 Å². The van der Waals surface area contributed by atoms with E-state index in [0.717, 1.165) is 21.2 Å². The Bertz CT molecular complexity index is 389. The summed E-state index contributed by atoms with van der Waals surface area (Å²) in [6.45, 7) is 2.33. The molecule has 0 saturated heterocycles. The molecule has 0 aromatic carbocycles. The van der Waals surface area contributed by atoms with E-state index >= 15 is 0 Å². The highest BCUT2D eigenvalue weighted by Crippen LogP contribution is 2.32. The summed E-state index contributed by atoms with van der Waals surface area (Å²) in [5.74, 6) is 1.77. The molecule has 0 unspecified atom stereocenters. The molecule has 1 fully saturated rings. The van der Waals surface area contributed by atoms with Crippen LogP contribution >= 0.6 is 27.5 Å². The van der Waals surface area contributed by atoms with Gasteiger partial charge in [-0.1, -0.05) is 18.5 Å². The molecule has 2 nitrogen and oxygen atoms in total. The number of rotatable bonds is 2. The summed E-state index contributed by atoms with van der Waals surface area (Å²) in [6, 6.07) is 2.49. The van der Waals surface area contributed by atoms with Crippen molar-refractivity contribution in [2.24, 2.45) is 5.92 Å². The van der Waals surface area contributed by atoms with Crippen LogP contribution in [0.3, 0.4) is 0 Å². The second-order valence-corrected chi connectivity index (χ2v) is 6.31. The van der Waals surface area contributed by atoms with E-state index in [4.69, 9.17) is 11.6 Å². The van der Waals surface area contributed by atoms with Gasteiger partial charge in [0.25, 0.3) is 0 Å². The molecule has 0 radical (unpaired) electrons. The fourth-order valence-electron chi connectivity index (χ4n) is 2.47. The average Bonchev–Trinajstić information content (AvgIpc) is 2.29. The Labute approximate surface area is 116 Å². The monoisotopic (exact) mass is 316 g/mol. The lowest BCUT2D eigenvalue weighted by atomic mass is 9.87. The van der Waals surface area contributed by atoms with Gasteiger partial charge in [0.05, 0.1) is 5.02 Å². The number of nitrogens with zero attached hydrogens (tertiary/aromatic N) is 2. The maximum absolute atomic E-state index is 6.24. The molecule has 2 rings (SSSR count). The summed E-state index contributed by atoms with van der Waals surface area (Å²) in [7, 11) is 2.10. The second kappa shape index (κ2) is 5.57. The Morgan fingerprint density at radius 3 is 2.59 bits per heavy atom. The summed E-state index contributed by atoms with van der Waals surface area (Å²) in [6.07, 6.45) is 6.91. The Morgan fingerprint density at radius 1 is 1.35 bits per heavy atom. The van der Waals surface area contributed by atoms with Gasteiger partial charge in [0.1, 0.15) is 5.82 Å². The first-order chi connectivity index (χ1) is 8.08. The van der Waals surface area contributed by atoms with Crippen LogP contribution in [0.5, 0.6) is 0 Å². The molecule has 0 aliphatic heterocycles. The summed E-state index contributed by atoms with van der Waals surface area (Å²) < 4.78 is 0.928. The summed E-state index contributed by atoms with van der Waals surface area (Å²) in [4.78, 5) is 6.66. The number of hydrogen-bond donors (Lipinski definition) is 0. The Kier molecular flexibility index (Phi) is 4.31. The van der Waals surface area contributed by atoms with Crippen molar-refractivity contribution in [3.63, 3.8) is 0 Å². The highest BCUT2D eigenvalue weighted by molar-refractivity contribution is 9.10. The average molecular weight is 318 g/mol. The van der Waals surface area contributed by atoms with E-state index < -0.39 is 0 Å². The Morgan fingerprint density at radius 2 is 2.00 bits per heavy atom. The van der Waals surface area contributed by atoms with Gasteiger partial charge in [-0.15, -0.1) is 0 Å². The standard InChI is InChI=1S/C13H18BrClN2/c1-9-3-5-11(6-4-9)17(2)13-12(15)7-10(14)8-16-13/h7-9,11H,3-6H2,1-2H3. The maximum Gasteiger partial charge on any atom is 0.147 e. The van der Waals surface area contributed by atoms with Gasteiger partial charge in [-0.05, 0) is 53.6 Å². The zero-order chi connectivity index (χ0) is 12.4. The molecule has 1 heterocycles. The van der Waals surface area contributed by atoms with Crippen molar-refractivity contribution in [1.29, 1.82) is 0 Å². The number of pyridine rings is 1. The van der Waals surface area contributed by atoms with E-state index in [1.54, 1.807) is 0 Å². The fraction of sp³-hybridized carbons (Fsp3) is 0.615. The molecule has 1 aromatic heterocycles. The SMILES string of the molecule is CC1CCC(N(C)c2ncc(Br)cc2Cl)CC1. The lowest BCUT2D eigenvalue weighted by Crippen LogP contribution is -2.35. The van der Waals surface area contributed by atoms with Gasteiger partial charge in [-0.25, -0.2) is 4.98 Å². The van der Waals surface area contributed by atoms with E-state index in [1.165, 1.54) is 25.7 Å². The van der Waals surface area contributed by atoms with E-state index in [2.05, 4.69) is 39.8 Å². The third kappa shape index (κ3) is 3.14. The molecule has 0 N–H and O–H groups in total. The van der Waals surface area contributed by atoms with Crippen LogP contribution in [0.15, 0.2) is 16.7 Å². The van der Waals surface area contributed by atoms with Crippen molar-refractivity contribution in [3.8, 4) is 0 Å². The van der Waals surface area contributed by atoms with Gasteiger partial charge in [0.2, 0.25) is 0 Å². The van der Waals surface area contributed by atoms with Crippen LogP contribution in [0.25, 0.3) is 0 Å². The molecule has 1 aliphatic carbocycles. The number of aromatic nitrogens is 1. The smallest absolute Gasteiger partial charge is 0.147 e. The first kappa shape index (κ1) is 13.2. The molecule has 94 valence electrons. The van der Waals surface area contributed by atoms with E-state index in [0.29, 0.717) is 6.04 Å². The van der Waals surface area contributed by atoms with Gasteiger partial charge in [-0.3, -0.25) is 0 Å². The zero-order valence-electron chi connectivity index (χ0n) is 10.3. The minimum Gasteiger partial charge on any atom is -0.355 e. The summed E-state index contributed by atoms with van der Waals surface area (Å²) in [5.41, 5.74) is 0. The van der Waals surface area contributed by atoms with Crippen molar-refractivity contribution < 1.29 is 0 Å². The minimum absolute atomic E-state index is 0.581. The maximum atomic E-state index is 6.24. The molecule has 1 saturated carbocycles. The van der Waals surface area contributed by atoms with Gasteiger partial charge in [0.15, 0.2) is 0 Å². The minimum atomic E-state index is 0.581. The molecule has 17 heavy (non-hydrogen) atoms. The van der Waals surface area contributed by atoms with Gasteiger partial charge >= 0.3 is 0 Å². The molecule has 0 atom stereocenters. The molecule has 1 aromatic rings. The lowest BCUT2D eigenvalue weighted by Gasteiger charge is -2.34. The predicted molar refractivity (Wildman–Crippen MR) is 76.8 cm³/mol. The van der Waals surface area contributed by atoms with E-state index in [-0.39, 0.29) is 0 Å². The number of halogens is 2. The number of anilines is 1. The van der Waals surface area contributed by atoms with Crippen molar-refractivity contribution in [2.45, 2.75) is 38.6 Å². The molecule has 0 spiro atoms. The van der Waals surface area contributed by atoms with E-state index in [1.807, 2.05) is 12.3 Å². The van der Waals surface area contributed by atoms with Gasteiger partial charge in [0, 0.05) is 23.8 Å². The third-order valence-electron chi connectivity index (χ3n) is 3.66. The van der Waals surface area contributed by atoms with Crippen LogP contribution in [-0.2, 0) is 0 Å². The van der Waals surface area contributed by atoms with Crippen LogP contribution in [0, 0.1) is 5.92 Å². The first-order valence-electron chi connectivity index (χ1n) is 6.12. The Balaban J connectivity index is 2.11. The van der Waals surface area contributed by atoms with Crippen molar-refractivity contribution >= 4 is 33.3 Å². The summed E-state index contributed by atoms with van der Waals surface area (Å²) >= 11 is 9.62. The van der Waals surface area contributed by atoms with Crippen molar-refractivity contribution in [3.05, 3.63) is 21.8 Å². The van der Waals surface area contributed by atoms with Gasteiger partial charge in [-0.2, -0.15) is 0 Å². The van der Waals surface area contributed by atoms with Crippen molar-refractivity contribution in [1.82, 2.24) is 4.98 Å². The second-order valence-electron chi connectivity index (χ2n) is 4.98. The van der Waals surface area contributed by atoms with Crippen LogP contribution in [0.1, 0.15) is 32.6 Å². The van der Waals surface area contributed by atoms with Crippen LogP contribution in [-0.4, -0.2) is 18.1 Å². The highest BCUT2D eigenvalue weighted by atomic mass is 79.9. The molecule has 4 heteroatoms. The lowest BCUT2D eigenvalue weighted by molar-refractivity contribution is 0.340. The molecular weight excluding hydrogens is 300 g/mol. The predicted octanol–water partition coefficient (Wildman–Crippen LogP) is 4.51. The van der Waals surface area contributed by atoms with Crippen LogP contribution < -0.4 is 4.90 Å². The molecule has 0 amide bonds. The Hall–Kier alpha value is -0.280. The zero-order valence-corrected chi connectivity index (χ0v) is 12.6. The highest BCUT2D eigenvalue weighted by Gasteiger charge is 2.23. The number of hydrogen-bond acceptors (Lipinski definition) is 2. The summed E-state index contributed by atoms with van der Waals surface area (Å²) in [5, 5.41) is 0.723. The first-order valence-corrected chi connectivity index (χ1v) is 7.29. The quantitative estimate of drug-likeness (QED) is 0.797. The molecule has 1 aliphatic rings. The van der Waals surface area contributed by atoms with E-state index in [9.17, 15) is 0 Å². The van der Waals surface area contributed by atoms with Gasteiger partial charge < -0.3 is 4.90 Å². The molecule has 0 bridgehead atoms. The van der Waals surface area contributed by atoms with Crippen molar-refractivity contribution in [2.75, 3.05) is 11.9 Å². The van der Waals surface area contributed by atoms with Crippen LogP contribution in [0.4, 0.5) is 5.82 Å². The normalized spacial score (nSPS) is 24.7. The largest absolute Gasteiger partial charge is 0.355 e.